The van der Waals surface area contributed by atoms with E-state index in [2.05, 4.69) is 10.1 Å². The number of nitrogens with zero attached hydrogens (tertiary/aromatic N) is 2. The van der Waals surface area contributed by atoms with E-state index in [1.165, 1.54) is 32.4 Å². The van der Waals surface area contributed by atoms with E-state index in [1.807, 2.05) is 0 Å². The minimum Gasteiger partial charge on any atom is -0.493 e. The number of carbonyl (C=O) groups is 1. The lowest BCUT2D eigenvalue weighted by molar-refractivity contribution is -0.132. The number of carbonyl (C=O) groups excluding carboxylic acids is 1. The number of esters is 1. The first kappa shape index (κ1) is 18.4. The first-order valence-electron chi connectivity index (χ1n) is 7.75. The lowest BCUT2D eigenvalue weighted by Crippen LogP contribution is -2.32. The van der Waals surface area contributed by atoms with Gasteiger partial charge in [-0.2, -0.15) is 5.10 Å². The van der Waals surface area contributed by atoms with Gasteiger partial charge in [-0.05, 0) is 18.2 Å². The van der Waals surface area contributed by atoms with Gasteiger partial charge in [0.1, 0.15) is 0 Å². The molecular formula is C18H14ClN3O5. The highest BCUT2D eigenvalue weighted by Crippen LogP contribution is 2.34. The molecule has 2 aromatic carbocycles. The van der Waals surface area contributed by atoms with Crippen molar-refractivity contribution < 1.29 is 14.3 Å². The van der Waals surface area contributed by atoms with Gasteiger partial charge in [0.2, 0.25) is 0 Å². The quantitative estimate of drug-likeness (QED) is 0.420. The molecule has 0 radical (unpaired) electrons. The molecular weight excluding hydrogens is 374 g/mol. The molecule has 0 aliphatic rings. The maximum absolute atomic E-state index is 12.5. The number of para-hydroxylation sites is 1. The molecule has 0 bridgehead atoms. The molecule has 1 aromatic heterocycles. The Morgan fingerprint density at radius 1 is 1.26 bits per heavy atom. The zero-order chi connectivity index (χ0) is 19.6. The number of aromatic nitrogens is 2. The highest BCUT2D eigenvalue weighted by Gasteiger charge is 2.14. The Morgan fingerprint density at radius 3 is 2.70 bits per heavy atom. The fourth-order valence-electron chi connectivity index (χ4n) is 2.47. The molecule has 0 fully saturated rings. The molecule has 0 saturated heterocycles. The second-order valence-corrected chi connectivity index (χ2v) is 5.89. The molecule has 0 spiro atoms. The van der Waals surface area contributed by atoms with E-state index in [-0.39, 0.29) is 17.1 Å². The van der Waals surface area contributed by atoms with Gasteiger partial charge in [-0.15, -0.1) is 4.68 Å². The average Bonchev–Trinajstić information content (AvgIpc) is 2.62. The van der Waals surface area contributed by atoms with Gasteiger partial charge in [0.25, 0.3) is 5.56 Å². The highest BCUT2D eigenvalue weighted by atomic mass is 35.5. The Hall–Kier alpha value is -3.39. The molecule has 0 unspecified atom stereocenters. The number of halogens is 1. The van der Waals surface area contributed by atoms with E-state index in [0.29, 0.717) is 20.6 Å². The summed E-state index contributed by atoms with van der Waals surface area (Å²) in [5.41, 5.74) is -0.635. The smallest absolute Gasteiger partial charge is 0.349 e. The first-order valence-corrected chi connectivity index (χ1v) is 8.13. The lowest BCUT2D eigenvalue weighted by atomic mass is 10.2. The summed E-state index contributed by atoms with van der Waals surface area (Å²) >= 11 is 6.04. The third-order valence-electron chi connectivity index (χ3n) is 3.61. The number of aromatic amines is 1. The van der Waals surface area contributed by atoms with Crippen molar-refractivity contribution in [2.75, 3.05) is 7.11 Å². The van der Waals surface area contributed by atoms with Gasteiger partial charge in [0, 0.05) is 23.6 Å². The second-order valence-electron chi connectivity index (χ2n) is 5.46. The maximum Gasteiger partial charge on any atom is 0.349 e. The predicted octanol–water partition coefficient (Wildman–Crippen LogP) is 2.16. The molecule has 0 atom stereocenters. The van der Waals surface area contributed by atoms with Gasteiger partial charge in [0.15, 0.2) is 11.5 Å². The number of hydrogen-bond acceptors (Lipinski definition) is 6. The van der Waals surface area contributed by atoms with Crippen LogP contribution in [0.4, 0.5) is 0 Å². The molecule has 0 amide bonds. The molecule has 0 aliphatic carbocycles. The zero-order valence-corrected chi connectivity index (χ0v) is 15.1. The Morgan fingerprint density at radius 2 is 2.00 bits per heavy atom. The van der Waals surface area contributed by atoms with Gasteiger partial charge in [0.05, 0.1) is 24.2 Å². The zero-order valence-electron chi connectivity index (χ0n) is 14.4. The van der Waals surface area contributed by atoms with Gasteiger partial charge >= 0.3 is 11.7 Å². The van der Waals surface area contributed by atoms with Crippen LogP contribution < -0.4 is 20.7 Å². The Kier molecular flexibility index (Phi) is 5.09. The Bertz CT molecular complexity index is 1180. The van der Waals surface area contributed by atoms with E-state index >= 15 is 0 Å². The van der Waals surface area contributed by atoms with Crippen LogP contribution in [0.2, 0.25) is 5.02 Å². The number of H-pyrrole nitrogens is 1. The summed E-state index contributed by atoms with van der Waals surface area (Å²) in [7, 11) is 1.39. The second kappa shape index (κ2) is 7.46. The number of nitrogens with one attached hydrogen (secondary N) is 1. The summed E-state index contributed by atoms with van der Waals surface area (Å²) in [6, 6.07) is 9.50. The van der Waals surface area contributed by atoms with E-state index in [9.17, 15) is 14.4 Å². The summed E-state index contributed by atoms with van der Waals surface area (Å²) in [5.74, 6) is -0.298. The molecule has 27 heavy (non-hydrogen) atoms. The minimum atomic E-state index is -0.710. The van der Waals surface area contributed by atoms with Crippen molar-refractivity contribution in [3.05, 3.63) is 67.8 Å². The van der Waals surface area contributed by atoms with E-state index in [0.717, 1.165) is 0 Å². The van der Waals surface area contributed by atoms with Crippen molar-refractivity contribution in [3.63, 3.8) is 0 Å². The fourth-order valence-corrected chi connectivity index (χ4v) is 2.68. The van der Waals surface area contributed by atoms with Crippen molar-refractivity contribution in [2.24, 2.45) is 5.10 Å². The molecule has 138 valence electrons. The molecule has 3 rings (SSSR count). The third-order valence-corrected chi connectivity index (χ3v) is 3.83. The van der Waals surface area contributed by atoms with Crippen LogP contribution in [-0.2, 0) is 4.79 Å². The maximum atomic E-state index is 12.5. The molecule has 0 aliphatic heterocycles. The SMILES string of the molecule is COc1cc(Cl)cc(C=Nn2c(=O)[nH]c3ccccc3c2=O)c1OC(C)=O. The van der Waals surface area contributed by atoms with Gasteiger partial charge in [-0.25, -0.2) is 4.79 Å². The number of benzene rings is 2. The standard InChI is InChI=1S/C18H14ClN3O5/c1-10(23)27-16-11(7-12(19)8-15(16)26-2)9-20-22-17(24)13-5-3-4-6-14(13)21-18(22)25/h3-9H,1-2H3,(H,21,25). The van der Waals surface area contributed by atoms with Crippen molar-refractivity contribution in [1.82, 2.24) is 9.66 Å². The summed E-state index contributed by atoms with van der Waals surface area (Å²) in [6.45, 7) is 1.23. The Balaban J connectivity index is 2.16. The summed E-state index contributed by atoms with van der Waals surface area (Å²) in [4.78, 5) is 38.7. The number of hydrogen-bond donors (Lipinski definition) is 1. The normalized spacial score (nSPS) is 11.1. The van der Waals surface area contributed by atoms with Crippen LogP contribution in [0.1, 0.15) is 12.5 Å². The van der Waals surface area contributed by atoms with Crippen molar-refractivity contribution in [3.8, 4) is 11.5 Å². The van der Waals surface area contributed by atoms with Crippen LogP contribution >= 0.6 is 11.6 Å². The van der Waals surface area contributed by atoms with Crippen LogP contribution in [0.25, 0.3) is 10.9 Å². The van der Waals surface area contributed by atoms with E-state index in [1.54, 1.807) is 24.3 Å². The third kappa shape index (κ3) is 3.75. The van der Waals surface area contributed by atoms with E-state index < -0.39 is 17.2 Å². The van der Waals surface area contributed by atoms with Crippen LogP contribution in [0.5, 0.6) is 11.5 Å². The van der Waals surface area contributed by atoms with Crippen molar-refractivity contribution in [1.29, 1.82) is 0 Å². The molecule has 1 heterocycles. The lowest BCUT2D eigenvalue weighted by Gasteiger charge is -2.11. The van der Waals surface area contributed by atoms with Crippen LogP contribution in [0.3, 0.4) is 0 Å². The predicted molar refractivity (Wildman–Crippen MR) is 101 cm³/mol. The highest BCUT2D eigenvalue weighted by molar-refractivity contribution is 6.31. The van der Waals surface area contributed by atoms with Gasteiger partial charge < -0.3 is 14.5 Å². The largest absolute Gasteiger partial charge is 0.493 e. The molecule has 8 nitrogen and oxygen atoms in total. The summed E-state index contributed by atoms with van der Waals surface area (Å²) in [6.07, 6.45) is 1.19. The number of rotatable bonds is 4. The number of fused-ring (bicyclic) bond motifs is 1. The monoisotopic (exact) mass is 387 g/mol. The molecule has 1 N–H and O–H groups in total. The first-order chi connectivity index (χ1) is 12.9. The van der Waals surface area contributed by atoms with Crippen LogP contribution in [-0.4, -0.2) is 29.0 Å². The molecule has 0 saturated carbocycles. The van der Waals surface area contributed by atoms with Crippen molar-refractivity contribution >= 4 is 34.7 Å². The average molecular weight is 388 g/mol. The Labute approximate surface area is 157 Å². The van der Waals surface area contributed by atoms with Gasteiger partial charge in [-0.1, -0.05) is 23.7 Å². The number of ether oxygens (including phenoxy) is 2. The molecule has 3 aromatic rings. The molecule has 9 heteroatoms. The number of methoxy groups -OCH3 is 1. The van der Waals surface area contributed by atoms with E-state index in [4.69, 9.17) is 21.1 Å². The van der Waals surface area contributed by atoms with Crippen LogP contribution in [0.15, 0.2) is 51.1 Å². The summed E-state index contributed by atoms with van der Waals surface area (Å²) < 4.78 is 11.0. The van der Waals surface area contributed by atoms with Gasteiger partial charge in [-0.3, -0.25) is 9.59 Å². The summed E-state index contributed by atoms with van der Waals surface area (Å²) in [5, 5.41) is 4.54. The topological polar surface area (TPSA) is 103 Å². The fraction of sp³-hybridized carbons (Fsp3) is 0.111. The van der Waals surface area contributed by atoms with Crippen LogP contribution in [0, 0.1) is 0 Å². The minimum absolute atomic E-state index is 0.0726. The van der Waals surface area contributed by atoms with Crippen molar-refractivity contribution in [2.45, 2.75) is 6.92 Å².